The zero-order chi connectivity index (χ0) is 9.42. The molecule has 0 aromatic heterocycles. The molecule has 2 nitrogen and oxygen atoms in total. The summed E-state index contributed by atoms with van der Waals surface area (Å²) in [5, 5.41) is 0. The second kappa shape index (κ2) is 3.32. The van der Waals surface area contributed by atoms with Gasteiger partial charge < -0.3 is 4.90 Å². The van der Waals surface area contributed by atoms with Crippen LogP contribution in [0.5, 0.6) is 0 Å². The molecular weight excluding hydrogens is 162 g/mol. The van der Waals surface area contributed by atoms with Gasteiger partial charge in [-0.15, -0.1) is 0 Å². The van der Waals surface area contributed by atoms with Gasteiger partial charge in [0, 0.05) is 18.5 Å². The molecule has 0 N–H and O–H groups in total. The average Bonchev–Trinajstić information content (AvgIpc) is 2.86. The molecule has 2 fully saturated rings. The Morgan fingerprint density at radius 2 is 2.00 bits per heavy atom. The molecule has 1 saturated heterocycles. The molecule has 2 heteroatoms. The minimum absolute atomic E-state index is 0.410. The Balaban J connectivity index is 2.08. The Bertz CT molecular complexity index is 208. The highest BCUT2D eigenvalue weighted by Gasteiger charge is 2.39. The van der Waals surface area contributed by atoms with Crippen LogP contribution in [0, 0.1) is 5.92 Å². The quantitative estimate of drug-likeness (QED) is 0.639. The SMILES string of the molecule is CC(C)C1CCCC(=O)N1C1CC1. The predicted octanol–water partition coefficient (Wildman–Crippen LogP) is 2.19. The number of rotatable bonds is 2. The molecule has 74 valence electrons. The molecule has 1 saturated carbocycles. The van der Waals surface area contributed by atoms with E-state index in [1.54, 1.807) is 0 Å². The number of hydrogen-bond acceptors (Lipinski definition) is 1. The highest BCUT2D eigenvalue weighted by molar-refractivity contribution is 5.78. The number of nitrogens with zero attached hydrogens (tertiary/aromatic N) is 1. The number of piperidine rings is 1. The van der Waals surface area contributed by atoms with Gasteiger partial charge in [-0.25, -0.2) is 0 Å². The van der Waals surface area contributed by atoms with Gasteiger partial charge in [-0.2, -0.15) is 0 Å². The van der Waals surface area contributed by atoms with Crippen LogP contribution in [0.15, 0.2) is 0 Å². The summed E-state index contributed by atoms with van der Waals surface area (Å²) >= 11 is 0. The molecule has 1 amide bonds. The first-order valence-corrected chi connectivity index (χ1v) is 5.51. The molecule has 1 aliphatic heterocycles. The van der Waals surface area contributed by atoms with Crippen LogP contribution >= 0.6 is 0 Å². The maximum atomic E-state index is 11.7. The second-order valence-corrected chi connectivity index (χ2v) is 4.74. The maximum absolute atomic E-state index is 11.7. The lowest BCUT2D eigenvalue weighted by Gasteiger charge is -2.38. The minimum Gasteiger partial charge on any atom is -0.336 e. The summed E-state index contributed by atoms with van der Waals surface area (Å²) in [6.07, 6.45) is 5.61. The van der Waals surface area contributed by atoms with Gasteiger partial charge in [-0.1, -0.05) is 13.8 Å². The van der Waals surface area contributed by atoms with Crippen molar-refractivity contribution in [3.63, 3.8) is 0 Å². The summed E-state index contributed by atoms with van der Waals surface area (Å²) in [7, 11) is 0. The van der Waals surface area contributed by atoms with Crippen molar-refractivity contribution in [3.8, 4) is 0 Å². The number of likely N-dealkylation sites (tertiary alicyclic amines) is 1. The van der Waals surface area contributed by atoms with E-state index in [0.717, 1.165) is 12.8 Å². The largest absolute Gasteiger partial charge is 0.336 e. The van der Waals surface area contributed by atoms with Crippen LogP contribution in [0.3, 0.4) is 0 Å². The molecular formula is C11H19NO. The third kappa shape index (κ3) is 1.72. The van der Waals surface area contributed by atoms with Crippen molar-refractivity contribution in [2.45, 2.75) is 58.0 Å². The average molecular weight is 181 g/mol. The maximum Gasteiger partial charge on any atom is 0.223 e. The fraction of sp³-hybridized carbons (Fsp3) is 0.909. The molecule has 0 spiro atoms. The smallest absolute Gasteiger partial charge is 0.223 e. The zero-order valence-electron chi connectivity index (χ0n) is 8.62. The fourth-order valence-electron chi connectivity index (χ4n) is 2.40. The van der Waals surface area contributed by atoms with Crippen LogP contribution in [-0.2, 0) is 4.79 Å². The lowest BCUT2D eigenvalue weighted by Crippen LogP contribution is -2.47. The molecule has 1 unspecified atom stereocenters. The molecule has 0 bridgehead atoms. The summed E-state index contributed by atoms with van der Waals surface area (Å²) in [5.74, 6) is 1.04. The van der Waals surface area contributed by atoms with Crippen molar-refractivity contribution in [1.29, 1.82) is 0 Å². The van der Waals surface area contributed by atoms with E-state index in [1.165, 1.54) is 19.3 Å². The van der Waals surface area contributed by atoms with E-state index in [9.17, 15) is 4.79 Å². The van der Waals surface area contributed by atoms with E-state index in [-0.39, 0.29) is 0 Å². The summed E-state index contributed by atoms with van der Waals surface area (Å²) in [6, 6.07) is 1.15. The number of carbonyl (C=O) groups excluding carboxylic acids is 1. The molecule has 1 heterocycles. The lowest BCUT2D eigenvalue weighted by atomic mass is 9.92. The topological polar surface area (TPSA) is 20.3 Å². The Morgan fingerprint density at radius 1 is 1.31 bits per heavy atom. The van der Waals surface area contributed by atoms with Crippen molar-refractivity contribution < 1.29 is 4.79 Å². The van der Waals surface area contributed by atoms with Gasteiger partial charge in [0.15, 0.2) is 0 Å². The van der Waals surface area contributed by atoms with E-state index in [1.807, 2.05) is 0 Å². The van der Waals surface area contributed by atoms with Crippen LogP contribution in [0.1, 0.15) is 46.0 Å². The zero-order valence-corrected chi connectivity index (χ0v) is 8.62. The Morgan fingerprint density at radius 3 is 2.54 bits per heavy atom. The van der Waals surface area contributed by atoms with E-state index >= 15 is 0 Å². The van der Waals surface area contributed by atoms with Crippen molar-refractivity contribution in [1.82, 2.24) is 4.90 Å². The first-order valence-electron chi connectivity index (χ1n) is 5.51. The van der Waals surface area contributed by atoms with Gasteiger partial charge >= 0.3 is 0 Å². The van der Waals surface area contributed by atoms with Gasteiger partial charge in [-0.3, -0.25) is 4.79 Å². The summed E-state index contributed by atoms with van der Waals surface area (Å²) in [6.45, 7) is 4.47. The van der Waals surface area contributed by atoms with Crippen molar-refractivity contribution in [3.05, 3.63) is 0 Å². The van der Waals surface area contributed by atoms with Crippen LogP contribution in [0.25, 0.3) is 0 Å². The van der Waals surface area contributed by atoms with Crippen LogP contribution < -0.4 is 0 Å². The molecule has 1 aliphatic carbocycles. The first kappa shape index (κ1) is 9.04. The van der Waals surface area contributed by atoms with Gasteiger partial charge in [0.25, 0.3) is 0 Å². The Hall–Kier alpha value is -0.530. The second-order valence-electron chi connectivity index (χ2n) is 4.74. The van der Waals surface area contributed by atoms with Gasteiger partial charge in [-0.05, 0) is 31.6 Å². The molecule has 13 heavy (non-hydrogen) atoms. The normalized spacial score (nSPS) is 29.9. The van der Waals surface area contributed by atoms with E-state index < -0.39 is 0 Å². The molecule has 2 rings (SSSR count). The van der Waals surface area contributed by atoms with Crippen molar-refractivity contribution in [2.24, 2.45) is 5.92 Å². The third-order valence-corrected chi connectivity index (χ3v) is 3.25. The minimum atomic E-state index is 0.410. The van der Waals surface area contributed by atoms with Gasteiger partial charge in [0.05, 0.1) is 0 Å². The molecule has 1 atom stereocenters. The summed E-state index contributed by atoms with van der Waals surface area (Å²) < 4.78 is 0. The van der Waals surface area contributed by atoms with E-state index in [2.05, 4.69) is 18.7 Å². The third-order valence-electron chi connectivity index (χ3n) is 3.25. The molecule has 0 aromatic rings. The van der Waals surface area contributed by atoms with Crippen LogP contribution in [0.2, 0.25) is 0 Å². The van der Waals surface area contributed by atoms with Crippen LogP contribution in [0.4, 0.5) is 0 Å². The van der Waals surface area contributed by atoms with Gasteiger partial charge in [0.2, 0.25) is 5.91 Å². The molecule has 0 aromatic carbocycles. The fourth-order valence-corrected chi connectivity index (χ4v) is 2.40. The number of amides is 1. The Kier molecular flexibility index (Phi) is 2.31. The number of hydrogen-bond donors (Lipinski definition) is 0. The summed E-state index contributed by atoms with van der Waals surface area (Å²) in [5.41, 5.74) is 0. The van der Waals surface area contributed by atoms with E-state index in [4.69, 9.17) is 0 Å². The Labute approximate surface area is 80.3 Å². The van der Waals surface area contributed by atoms with Crippen molar-refractivity contribution >= 4 is 5.91 Å². The standard InChI is InChI=1S/C11H19NO/c1-8(2)10-4-3-5-11(13)12(10)9-6-7-9/h8-10H,3-7H2,1-2H3. The highest BCUT2D eigenvalue weighted by Crippen LogP contribution is 2.35. The number of carbonyl (C=O) groups is 1. The molecule has 0 radical (unpaired) electrons. The van der Waals surface area contributed by atoms with Gasteiger partial charge in [0.1, 0.15) is 0 Å². The van der Waals surface area contributed by atoms with E-state index in [0.29, 0.717) is 23.9 Å². The highest BCUT2D eigenvalue weighted by atomic mass is 16.2. The monoisotopic (exact) mass is 181 g/mol. The lowest BCUT2D eigenvalue weighted by molar-refractivity contribution is -0.138. The van der Waals surface area contributed by atoms with Crippen LogP contribution in [-0.4, -0.2) is 22.9 Å². The predicted molar refractivity (Wildman–Crippen MR) is 52.3 cm³/mol. The first-order chi connectivity index (χ1) is 6.20. The summed E-state index contributed by atoms with van der Waals surface area (Å²) in [4.78, 5) is 13.9. The van der Waals surface area contributed by atoms with Crippen molar-refractivity contribution in [2.75, 3.05) is 0 Å². The molecule has 2 aliphatic rings.